The van der Waals surface area contributed by atoms with Gasteiger partial charge in [0.05, 0.1) is 5.69 Å². The number of carboxylic acids is 1. The molecule has 0 aliphatic rings. The molecule has 3 aromatic rings. The first kappa shape index (κ1) is 13.1. The molecule has 2 heterocycles. The second kappa shape index (κ2) is 5.24. The molecule has 0 aliphatic carbocycles. The van der Waals surface area contributed by atoms with Gasteiger partial charge in [-0.1, -0.05) is 6.07 Å². The molecule has 1 aromatic carbocycles. The van der Waals surface area contributed by atoms with Crippen LogP contribution >= 0.6 is 0 Å². The van der Waals surface area contributed by atoms with Crippen molar-refractivity contribution >= 4 is 11.6 Å². The van der Waals surface area contributed by atoms with Crippen molar-refractivity contribution in [3.63, 3.8) is 0 Å². The molecule has 0 amide bonds. The molecule has 3 rings (SSSR count). The van der Waals surface area contributed by atoms with Crippen molar-refractivity contribution in [1.29, 1.82) is 0 Å². The average Bonchev–Trinajstić information content (AvgIpc) is 2.87. The fraction of sp³-hybridized carbons (Fsp3) is 0.0667. The van der Waals surface area contributed by atoms with E-state index < -0.39 is 5.97 Å². The van der Waals surface area contributed by atoms with Crippen LogP contribution in [0.1, 0.15) is 16.1 Å². The molecule has 0 unspecified atom stereocenters. The van der Waals surface area contributed by atoms with Crippen LogP contribution in [0.15, 0.2) is 48.8 Å². The molecule has 0 saturated carbocycles. The number of ether oxygens (including phenoxy) is 1. The lowest BCUT2D eigenvalue weighted by molar-refractivity contribution is 0.0698. The summed E-state index contributed by atoms with van der Waals surface area (Å²) in [5, 5.41) is 9.10. The third-order valence-corrected chi connectivity index (χ3v) is 2.95. The summed E-state index contributed by atoms with van der Waals surface area (Å²) in [5.74, 6) is -1.02. The van der Waals surface area contributed by atoms with Crippen molar-refractivity contribution in [2.75, 3.05) is 0 Å². The first-order valence-corrected chi connectivity index (χ1v) is 6.22. The van der Waals surface area contributed by atoms with E-state index >= 15 is 0 Å². The molecule has 0 saturated heterocycles. The SMILES string of the molecule is O=C(O)c1cccn2cc(COc3cccc(F)c3)nc12. The van der Waals surface area contributed by atoms with E-state index in [-0.39, 0.29) is 18.0 Å². The quantitative estimate of drug-likeness (QED) is 0.801. The van der Waals surface area contributed by atoms with Crippen LogP contribution in [-0.4, -0.2) is 20.5 Å². The van der Waals surface area contributed by atoms with Gasteiger partial charge in [-0.2, -0.15) is 0 Å². The molecule has 0 aliphatic heterocycles. The minimum absolute atomic E-state index is 0.120. The van der Waals surface area contributed by atoms with Crippen molar-refractivity contribution in [3.8, 4) is 5.75 Å². The average molecular weight is 286 g/mol. The van der Waals surface area contributed by atoms with Crippen molar-refractivity contribution in [1.82, 2.24) is 9.38 Å². The molecule has 0 radical (unpaired) electrons. The second-order valence-corrected chi connectivity index (χ2v) is 4.44. The van der Waals surface area contributed by atoms with Gasteiger partial charge in [0, 0.05) is 18.5 Å². The molecular formula is C15H11FN2O3. The zero-order valence-electron chi connectivity index (χ0n) is 10.9. The Morgan fingerprint density at radius 1 is 1.33 bits per heavy atom. The normalized spacial score (nSPS) is 10.7. The van der Waals surface area contributed by atoms with Crippen LogP contribution in [-0.2, 0) is 6.61 Å². The number of benzene rings is 1. The summed E-state index contributed by atoms with van der Waals surface area (Å²) in [6.45, 7) is 0.129. The molecule has 5 nitrogen and oxygen atoms in total. The minimum atomic E-state index is -1.04. The summed E-state index contributed by atoms with van der Waals surface area (Å²) < 4.78 is 20.1. The summed E-state index contributed by atoms with van der Waals surface area (Å²) in [7, 11) is 0. The Hall–Kier alpha value is -2.89. The zero-order valence-corrected chi connectivity index (χ0v) is 10.9. The van der Waals surface area contributed by atoms with Crippen LogP contribution in [0.25, 0.3) is 5.65 Å². The van der Waals surface area contributed by atoms with Gasteiger partial charge >= 0.3 is 5.97 Å². The summed E-state index contributed by atoms with van der Waals surface area (Å²) in [5.41, 5.74) is 1.03. The topological polar surface area (TPSA) is 63.8 Å². The number of imidazole rings is 1. The lowest BCUT2D eigenvalue weighted by atomic mass is 10.3. The maximum Gasteiger partial charge on any atom is 0.339 e. The van der Waals surface area contributed by atoms with Gasteiger partial charge in [0.15, 0.2) is 5.65 Å². The van der Waals surface area contributed by atoms with Crippen LogP contribution < -0.4 is 4.74 Å². The van der Waals surface area contributed by atoms with Crippen molar-refractivity contribution in [3.05, 3.63) is 65.9 Å². The number of hydrogen-bond acceptors (Lipinski definition) is 3. The zero-order chi connectivity index (χ0) is 14.8. The smallest absolute Gasteiger partial charge is 0.339 e. The Labute approximate surface area is 119 Å². The van der Waals surface area contributed by atoms with E-state index in [1.807, 2.05) is 0 Å². The third-order valence-electron chi connectivity index (χ3n) is 2.95. The number of halogens is 1. The van der Waals surface area contributed by atoms with Gasteiger partial charge in [-0.3, -0.25) is 0 Å². The van der Waals surface area contributed by atoms with Crippen molar-refractivity contribution in [2.24, 2.45) is 0 Å². The van der Waals surface area contributed by atoms with Crippen LogP contribution in [0.5, 0.6) is 5.75 Å². The molecule has 6 heteroatoms. The first-order chi connectivity index (χ1) is 10.1. The van der Waals surface area contributed by atoms with Crippen LogP contribution in [0, 0.1) is 5.82 Å². The van der Waals surface area contributed by atoms with Crippen LogP contribution in [0.3, 0.4) is 0 Å². The first-order valence-electron chi connectivity index (χ1n) is 6.22. The Bertz CT molecular complexity index is 814. The van der Waals surface area contributed by atoms with Crippen LogP contribution in [0.4, 0.5) is 4.39 Å². The van der Waals surface area contributed by atoms with E-state index in [9.17, 15) is 9.18 Å². The monoisotopic (exact) mass is 286 g/mol. The molecule has 106 valence electrons. The number of pyridine rings is 1. The Balaban J connectivity index is 1.85. The van der Waals surface area contributed by atoms with Gasteiger partial charge in [0.2, 0.25) is 0 Å². The van der Waals surface area contributed by atoms with Crippen LogP contribution in [0.2, 0.25) is 0 Å². The molecular weight excluding hydrogens is 275 g/mol. The highest BCUT2D eigenvalue weighted by Crippen LogP contribution is 2.15. The van der Waals surface area contributed by atoms with E-state index in [0.29, 0.717) is 17.1 Å². The van der Waals surface area contributed by atoms with Gasteiger partial charge in [-0.15, -0.1) is 0 Å². The number of hydrogen-bond donors (Lipinski definition) is 1. The van der Waals surface area contributed by atoms with Crippen molar-refractivity contribution in [2.45, 2.75) is 6.61 Å². The number of nitrogens with zero attached hydrogens (tertiary/aromatic N) is 2. The maximum absolute atomic E-state index is 13.0. The number of carbonyl (C=O) groups is 1. The minimum Gasteiger partial charge on any atom is -0.487 e. The third kappa shape index (κ3) is 2.69. The molecule has 0 atom stereocenters. The number of aromatic nitrogens is 2. The summed E-state index contributed by atoms with van der Waals surface area (Å²) in [6.07, 6.45) is 3.39. The predicted octanol–water partition coefficient (Wildman–Crippen LogP) is 2.75. The van der Waals surface area contributed by atoms with Gasteiger partial charge in [-0.05, 0) is 24.3 Å². The van der Waals surface area contributed by atoms with E-state index in [1.54, 1.807) is 35.0 Å². The van der Waals surface area contributed by atoms with E-state index in [4.69, 9.17) is 9.84 Å². The maximum atomic E-state index is 13.0. The standard InChI is InChI=1S/C15H11FN2O3/c16-10-3-1-4-12(7-10)21-9-11-8-18-6-2-5-13(15(19)20)14(18)17-11/h1-8H,9H2,(H,19,20). The lowest BCUT2D eigenvalue weighted by Crippen LogP contribution is -2.00. The Morgan fingerprint density at radius 3 is 2.95 bits per heavy atom. The Morgan fingerprint density at radius 2 is 2.19 bits per heavy atom. The van der Waals surface area contributed by atoms with E-state index in [2.05, 4.69) is 4.98 Å². The molecule has 1 N–H and O–H groups in total. The van der Waals surface area contributed by atoms with Gasteiger partial charge < -0.3 is 14.2 Å². The van der Waals surface area contributed by atoms with Crippen molar-refractivity contribution < 1.29 is 19.0 Å². The fourth-order valence-electron chi connectivity index (χ4n) is 2.01. The van der Waals surface area contributed by atoms with E-state index in [1.165, 1.54) is 18.2 Å². The summed E-state index contributed by atoms with van der Waals surface area (Å²) in [6, 6.07) is 8.92. The molecule has 0 bridgehead atoms. The Kier molecular flexibility index (Phi) is 3.27. The van der Waals surface area contributed by atoms with Gasteiger partial charge in [0.1, 0.15) is 23.7 Å². The second-order valence-electron chi connectivity index (χ2n) is 4.44. The molecule has 21 heavy (non-hydrogen) atoms. The van der Waals surface area contributed by atoms with Gasteiger partial charge in [-0.25, -0.2) is 14.2 Å². The highest BCUT2D eigenvalue weighted by molar-refractivity contribution is 5.94. The predicted molar refractivity (Wildman–Crippen MR) is 72.9 cm³/mol. The summed E-state index contributed by atoms with van der Waals surface area (Å²) in [4.78, 5) is 15.3. The molecule has 0 spiro atoms. The molecule has 2 aromatic heterocycles. The highest BCUT2D eigenvalue weighted by Gasteiger charge is 2.11. The number of carboxylic acid groups (broad SMARTS) is 1. The van der Waals surface area contributed by atoms with Gasteiger partial charge in [0.25, 0.3) is 0 Å². The largest absolute Gasteiger partial charge is 0.487 e. The lowest BCUT2D eigenvalue weighted by Gasteiger charge is -2.03. The number of fused-ring (bicyclic) bond motifs is 1. The number of aromatic carboxylic acids is 1. The summed E-state index contributed by atoms with van der Waals surface area (Å²) >= 11 is 0. The van der Waals surface area contributed by atoms with E-state index in [0.717, 1.165) is 0 Å². The highest BCUT2D eigenvalue weighted by atomic mass is 19.1. The number of rotatable bonds is 4. The fourth-order valence-corrected chi connectivity index (χ4v) is 2.01. The molecule has 0 fully saturated rings.